The van der Waals surface area contributed by atoms with Crippen LogP contribution in [0.15, 0.2) is 24.3 Å². The van der Waals surface area contributed by atoms with Gasteiger partial charge in [-0.3, -0.25) is 28.8 Å². The molecule has 312 valence electrons. The highest BCUT2D eigenvalue weighted by Gasteiger charge is 2.49. The first-order chi connectivity index (χ1) is 26.4. The highest BCUT2D eigenvalue weighted by atomic mass is 35.5. The molecule has 0 bridgehead atoms. The Morgan fingerprint density at radius 3 is 1.00 bits per heavy atom. The number of esters is 2. The van der Waals surface area contributed by atoms with Crippen LogP contribution in [-0.4, -0.2) is 44.6 Å². The Hall–Kier alpha value is -2.52. The van der Waals surface area contributed by atoms with Crippen LogP contribution in [0.5, 0.6) is 0 Å². The lowest BCUT2D eigenvalue weighted by atomic mass is 9.67. The zero-order valence-corrected chi connectivity index (χ0v) is 34.9. The van der Waals surface area contributed by atoms with E-state index in [2.05, 4.69) is 13.8 Å². The Morgan fingerprint density at radius 2 is 0.709 bits per heavy atom. The van der Waals surface area contributed by atoms with Gasteiger partial charge in [0.15, 0.2) is 0 Å². The van der Waals surface area contributed by atoms with Crippen LogP contribution >= 0.6 is 23.2 Å². The summed E-state index contributed by atoms with van der Waals surface area (Å²) in [6.07, 6.45) is 26.7. The van der Waals surface area contributed by atoms with Gasteiger partial charge in [-0.15, -0.1) is 0 Å². The number of allylic oxidation sites excluding steroid dienone is 4. The molecule has 11 heteroatoms. The van der Waals surface area contributed by atoms with Crippen molar-refractivity contribution in [1.82, 2.24) is 0 Å². The Bertz CT molecular complexity index is 1170. The van der Waals surface area contributed by atoms with Crippen LogP contribution in [0.1, 0.15) is 168 Å². The first-order valence-corrected chi connectivity index (χ1v) is 22.1. The molecule has 2 aliphatic carbocycles. The van der Waals surface area contributed by atoms with E-state index < -0.39 is 71.2 Å². The van der Waals surface area contributed by atoms with Crippen molar-refractivity contribution in [3.05, 3.63) is 24.3 Å². The average molecular weight is 812 g/mol. The van der Waals surface area contributed by atoms with Crippen molar-refractivity contribution in [3.8, 4) is 0 Å². The molecule has 0 saturated carbocycles. The fourth-order valence-electron chi connectivity index (χ4n) is 8.73. The van der Waals surface area contributed by atoms with Crippen molar-refractivity contribution in [2.75, 3.05) is 0 Å². The monoisotopic (exact) mass is 810 g/mol. The van der Waals surface area contributed by atoms with Gasteiger partial charge in [-0.2, -0.15) is 0 Å². The minimum atomic E-state index is -1.09. The largest absolute Gasteiger partial charge is 0.481 e. The van der Waals surface area contributed by atoms with Crippen LogP contribution in [0.4, 0.5) is 0 Å². The van der Waals surface area contributed by atoms with E-state index in [-0.39, 0.29) is 10.5 Å². The third-order valence-electron chi connectivity index (χ3n) is 11.7. The van der Waals surface area contributed by atoms with Crippen LogP contribution < -0.4 is 0 Å². The lowest BCUT2D eigenvalue weighted by Gasteiger charge is -2.38. The van der Waals surface area contributed by atoms with E-state index in [4.69, 9.17) is 27.9 Å². The summed E-state index contributed by atoms with van der Waals surface area (Å²) in [7, 11) is 0. The smallest absolute Gasteiger partial charge is 0.318 e. The number of aliphatic carboxylic acids is 2. The number of hydrogen-bond donors (Lipinski definition) is 2. The fraction of sp³-hybridized carbons (Fsp3) is 0.773. The summed E-state index contributed by atoms with van der Waals surface area (Å²) in [6.45, 7) is 4.15. The average Bonchev–Trinajstić information content (AvgIpc) is 3.13. The maximum atomic E-state index is 14.2. The molecule has 2 rings (SSSR count). The summed E-state index contributed by atoms with van der Waals surface area (Å²) in [5.41, 5.74) is 0. The first kappa shape index (κ1) is 48.6. The number of carbonyl (C=O) groups is 6. The van der Waals surface area contributed by atoms with E-state index in [0.717, 1.165) is 116 Å². The molecular formula is C44H68Cl2O9. The zero-order chi connectivity index (χ0) is 40.6. The van der Waals surface area contributed by atoms with Crippen molar-refractivity contribution >= 4 is 57.6 Å². The molecule has 2 aliphatic rings. The van der Waals surface area contributed by atoms with Gasteiger partial charge in [0.2, 0.25) is 10.5 Å². The molecule has 8 unspecified atom stereocenters. The number of carboxylic acids is 2. The van der Waals surface area contributed by atoms with Crippen molar-refractivity contribution in [2.24, 2.45) is 47.3 Å². The second-order valence-electron chi connectivity index (χ2n) is 16.0. The highest BCUT2D eigenvalue weighted by Crippen LogP contribution is 2.43. The van der Waals surface area contributed by atoms with Gasteiger partial charge in [-0.05, 0) is 85.4 Å². The Morgan fingerprint density at radius 1 is 0.436 bits per heavy atom. The summed E-state index contributed by atoms with van der Waals surface area (Å²) in [6, 6.07) is 0. The first-order valence-electron chi connectivity index (χ1n) is 21.4. The molecule has 0 aromatic heterocycles. The number of halogens is 2. The van der Waals surface area contributed by atoms with E-state index in [0.29, 0.717) is 38.5 Å². The van der Waals surface area contributed by atoms with E-state index in [1.54, 1.807) is 0 Å². The topological polar surface area (TPSA) is 152 Å². The number of rotatable bonds is 30. The predicted octanol–water partition coefficient (Wildman–Crippen LogP) is 11.2. The molecule has 0 radical (unpaired) electrons. The second kappa shape index (κ2) is 28.0. The van der Waals surface area contributed by atoms with Gasteiger partial charge in [-0.1, -0.05) is 141 Å². The number of unbranched alkanes of at least 4 members (excludes halogenated alkanes) is 14. The van der Waals surface area contributed by atoms with Gasteiger partial charge < -0.3 is 14.9 Å². The molecule has 2 N–H and O–H groups in total. The van der Waals surface area contributed by atoms with Crippen molar-refractivity contribution < 1.29 is 43.7 Å². The molecule has 0 spiro atoms. The summed E-state index contributed by atoms with van der Waals surface area (Å²) in [4.78, 5) is 76.2. The lowest BCUT2D eigenvalue weighted by molar-refractivity contribution is -0.176. The summed E-state index contributed by atoms with van der Waals surface area (Å²) in [5.74, 6) is -9.75. The van der Waals surface area contributed by atoms with E-state index in [9.17, 15) is 39.0 Å². The molecule has 9 nitrogen and oxygen atoms in total. The molecule has 55 heavy (non-hydrogen) atoms. The number of carbonyl (C=O) groups excluding carboxylic acids is 4. The molecule has 0 aromatic rings. The zero-order valence-electron chi connectivity index (χ0n) is 33.4. The molecule has 0 aromatic carbocycles. The Balaban J connectivity index is 2.22. The minimum absolute atomic E-state index is 0.326. The molecule has 0 aliphatic heterocycles. The second-order valence-corrected chi connectivity index (χ2v) is 16.8. The highest BCUT2D eigenvalue weighted by molar-refractivity contribution is 6.63. The minimum Gasteiger partial charge on any atom is -0.481 e. The SMILES string of the molecule is CCCCCC1C=CC(CCCCCCCCC(=O)Cl)C(C(=O)O)C1C(=O)OC(=O)C1C(CCCCC)C=CC(CCCCCCCCC(=O)Cl)C1C(=O)O. The Labute approximate surface area is 339 Å². The third kappa shape index (κ3) is 18.1. The number of hydrogen-bond acceptors (Lipinski definition) is 7. The maximum absolute atomic E-state index is 14.2. The molecule has 8 atom stereocenters. The van der Waals surface area contributed by atoms with Crippen LogP contribution in [0.2, 0.25) is 0 Å². The predicted molar refractivity (Wildman–Crippen MR) is 216 cm³/mol. The van der Waals surface area contributed by atoms with E-state index in [1.165, 1.54) is 0 Å². The molecule has 0 amide bonds. The fourth-order valence-corrected chi connectivity index (χ4v) is 9.00. The lowest BCUT2D eigenvalue weighted by Crippen LogP contribution is -2.46. The van der Waals surface area contributed by atoms with Gasteiger partial charge in [-0.25, -0.2) is 0 Å². The quantitative estimate of drug-likeness (QED) is 0.0237. The number of ether oxygens (including phenoxy) is 1. The van der Waals surface area contributed by atoms with Crippen LogP contribution in [0.25, 0.3) is 0 Å². The van der Waals surface area contributed by atoms with Crippen molar-refractivity contribution in [2.45, 2.75) is 168 Å². The van der Waals surface area contributed by atoms with Crippen LogP contribution in [0, 0.1) is 47.3 Å². The van der Waals surface area contributed by atoms with Gasteiger partial charge in [0.25, 0.3) is 0 Å². The van der Waals surface area contributed by atoms with Crippen LogP contribution in [-0.2, 0) is 33.5 Å². The summed E-state index contributed by atoms with van der Waals surface area (Å²) in [5, 5.41) is 20.5. The van der Waals surface area contributed by atoms with E-state index in [1.807, 2.05) is 24.3 Å². The molecule has 0 fully saturated rings. The van der Waals surface area contributed by atoms with Gasteiger partial charge in [0.1, 0.15) is 0 Å². The summed E-state index contributed by atoms with van der Waals surface area (Å²) < 4.78 is 5.72. The van der Waals surface area contributed by atoms with Gasteiger partial charge in [0.05, 0.1) is 23.7 Å². The molecule has 0 saturated heterocycles. The number of carboxylic acid groups (broad SMARTS) is 2. The van der Waals surface area contributed by atoms with Crippen molar-refractivity contribution in [3.63, 3.8) is 0 Å². The molecular weight excluding hydrogens is 743 g/mol. The molecule has 0 heterocycles. The normalized spacial score (nSPS) is 24.7. The Kier molecular flexibility index (Phi) is 24.7. The van der Waals surface area contributed by atoms with E-state index >= 15 is 0 Å². The standard InChI is InChI=1S/C44H68Cl2O9/c1-3-5-15-21-33-29-27-31(23-17-11-7-9-13-19-25-35(45)47)37(41(49)50)39(33)43(53)55-44(54)40-34(22-16-6-4-2)30-28-32(38(40)42(51)52)24-18-12-8-10-14-20-26-36(46)48/h27-34,37-40H,3-26H2,1-2H3,(H,49,50)(H,51,52). The van der Waals surface area contributed by atoms with Gasteiger partial charge in [0, 0.05) is 12.8 Å². The van der Waals surface area contributed by atoms with Crippen LogP contribution in [0.3, 0.4) is 0 Å². The van der Waals surface area contributed by atoms with Crippen molar-refractivity contribution in [1.29, 1.82) is 0 Å². The third-order valence-corrected chi connectivity index (χ3v) is 12.1. The summed E-state index contributed by atoms with van der Waals surface area (Å²) >= 11 is 10.9. The van der Waals surface area contributed by atoms with Gasteiger partial charge >= 0.3 is 23.9 Å². The maximum Gasteiger partial charge on any atom is 0.318 e.